The standard InChI is InChI=1S/C13H24O4/c1-4-6-13(16,12(14)15)10-5-7-17-11(8-10)9(2)3/h9-11,16H,4-8H2,1-3H3,(H,14,15). The second-order valence-corrected chi connectivity index (χ2v) is 5.35. The number of hydrogen-bond donors (Lipinski definition) is 2. The quantitative estimate of drug-likeness (QED) is 0.776. The van der Waals surface area contributed by atoms with Crippen LogP contribution >= 0.6 is 0 Å². The highest BCUT2D eigenvalue weighted by molar-refractivity contribution is 5.77. The lowest BCUT2D eigenvalue weighted by atomic mass is 9.76. The van der Waals surface area contributed by atoms with E-state index in [2.05, 4.69) is 13.8 Å². The summed E-state index contributed by atoms with van der Waals surface area (Å²) in [5, 5.41) is 19.6. The Balaban J connectivity index is 2.77. The van der Waals surface area contributed by atoms with Crippen molar-refractivity contribution < 1.29 is 19.7 Å². The van der Waals surface area contributed by atoms with Crippen molar-refractivity contribution in [3.8, 4) is 0 Å². The molecule has 1 aliphatic rings. The lowest BCUT2D eigenvalue weighted by Gasteiger charge is -2.39. The molecule has 0 aromatic rings. The van der Waals surface area contributed by atoms with E-state index in [0.717, 1.165) is 0 Å². The molecule has 1 heterocycles. The molecule has 3 unspecified atom stereocenters. The summed E-state index contributed by atoms with van der Waals surface area (Å²) in [6.07, 6.45) is 2.33. The lowest BCUT2D eigenvalue weighted by Crippen LogP contribution is -2.49. The predicted molar refractivity (Wildman–Crippen MR) is 64.8 cm³/mol. The smallest absolute Gasteiger partial charge is 0.335 e. The highest BCUT2D eigenvalue weighted by Crippen LogP contribution is 2.35. The summed E-state index contributed by atoms with van der Waals surface area (Å²) < 4.78 is 5.62. The molecule has 17 heavy (non-hydrogen) atoms. The summed E-state index contributed by atoms with van der Waals surface area (Å²) in [5.41, 5.74) is -1.58. The van der Waals surface area contributed by atoms with Gasteiger partial charge in [0.25, 0.3) is 0 Å². The fourth-order valence-corrected chi connectivity index (χ4v) is 2.59. The molecule has 0 radical (unpaired) electrons. The maximum Gasteiger partial charge on any atom is 0.335 e. The monoisotopic (exact) mass is 244 g/mol. The first-order valence-corrected chi connectivity index (χ1v) is 6.49. The van der Waals surface area contributed by atoms with Gasteiger partial charge in [0.05, 0.1) is 6.10 Å². The van der Waals surface area contributed by atoms with Crippen LogP contribution in [0.5, 0.6) is 0 Å². The van der Waals surface area contributed by atoms with Crippen molar-refractivity contribution in [1.82, 2.24) is 0 Å². The molecule has 0 amide bonds. The molecule has 1 fully saturated rings. The van der Waals surface area contributed by atoms with Gasteiger partial charge in [0, 0.05) is 12.5 Å². The Morgan fingerprint density at radius 2 is 2.18 bits per heavy atom. The molecule has 0 saturated carbocycles. The van der Waals surface area contributed by atoms with Crippen LogP contribution in [-0.4, -0.2) is 34.5 Å². The molecule has 4 heteroatoms. The number of ether oxygens (including phenoxy) is 1. The second kappa shape index (κ2) is 5.83. The molecule has 0 spiro atoms. The summed E-state index contributed by atoms with van der Waals surface area (Å²) in [6, 6.07) is 0. The molecule has 0 aliphatic carbocycles. The zero-order chi connectivity index (χ0) is 13.1. The van der Waals surface area contributed by atoms with Gasteiger partial charge in [-0.2, -0.15) is 0 Å². The Labute approximate surface area is 103 Å². The summed E-state index contributed by atoms with van der Waals surface area (Å²) in [6.45, 7) is 6.57. The van der Waals surface area contributed by atoms with Crippen LogP contribution in [0.15, 0.2) is 0 Å². The van der Waals surface area contributed by atoms with E-state index in [1.807, 2.05) is 6.92 Å². The lowest BCUT2D eigenvalue weighted by molar-refractivity contribution is -0.174. The van der Waals surface area contributed by atoms with E-state index >= 15 is 0 Å². The van der Waals surface area contributed by atoms with Crippen molar-refractivity contribution in [2.75, 3.05) is 6.61 Å². The maximum atomic E-state index is 11.3. The number of carboxylic acids is 1. The van der Waals surface area contributed by atoms with Crippen molar-refractivity contribution in [2.24, 2.45) is 11.8 Å². The van der Waals surface area contributed by atoms with Crippen LogP contribution in [0, 0.1) is 11.8 Å². The molecule has 2 N–H and O–H groups in total. The van der Waals surface area contributed by atoms with E-state index in [4.69, 9.17) is 4.74 Å². The first-order chi connectivity index (χ1) is 7.91. The van der Waals surface area contributed by atoms with Crippen molar-refractivity contribution >= 4 is 5.97 Å². The van der Waals surface area contributed by atoms with Gasteiger partial charge >= 0.3 is 5.97 Å². The minimum absolute atomic E-state index is 0.0662. The molecule has 1 rings (SSSR count). The fourth-order valence-electron chi connectivity index (χ4n) is 2.59. The van der Waals surface area contributed by atoms with Crippen molar-refractivity contribution in [1.29, 1.82) is 0 Å². The molecule has 1 aliphatic heterocycles. The van der Waals surface area contributed by atoms with Gasteiger partial charge in [-0.25, -0.2) is 4.79 Å². The zero-order valence-electron chi connectivity index (χ0n) is 11.0. The van der Waals surface area contributed by atoms with Gasteiger partial charge in [0.2, 0.25) is 0 Å². The van der Waals surface area contributed by atoms with Gasteiger partial charge in [-0.15, -0.1) is 0 Å². The SMILES string of the molecule is CCCC(O)(C(=O)O)C1CCOC(C(C)C)C1. The van der Waals surface area contributed by atoms with E-state index in [-0.39, 0.29) is 12.0 Å². The zero-order valence-corrected chi connectivity index (χ0v) is 11.0. The third kappa shape index (κ3) is 3.19. The van der Waals surface area contributed by atoms with E-state index in [9.17, 15) is 15.0 Å². The summed E-state index contributed by atoms with van der Waals surface area (Å²) in [7, 11) is 0. The van der Waals surface area contributed by atoms with Gasteiger partial charge in [-0.1, -0.05) is 27.2 Å². The third-order valence-corrected chi connectivity index (χ3v) is 3.74. The molecular formula is C13H24O4. The van der Waals surface area contributed by atoms with Gasteiger partial charge in [-0.05, 0) is 25.2 Å². The topological polar surface area (TPSA) is 66.8 Å². The van der Waals surface area contributed by atoms with Crippen molar-refractivity contribution in [2.45, 2.75) is 58.2 Å². The largest absolute Gasteiger partial charge is 0.479 e. The first-order valence-electron chi connectivity index (χ1n) is 6.49. The number of rotatable bonds is 5. The molecule has 1 saturated heterocycles. The third-order valence-electron chi connectivity index (χ3n) is 3.74. The Hall–Kier alpha value is -0.610. The number of aliphatic hydroxyl groups is 1. The molecule has 3 atom stereocenters. The van der Waals surface area contributed by atoms with Crippen LogP contribution in [0.25, 0.3) is 0 Å². The van der Waals surface area contributed by atoms with Crippen LogP contribution < -0.4 is 0 Å². The maximum absolute atomic E-state index is 11.3. The normalized spacial score (nSPS) is 29.0. The van der Waals surface area contributed by atoms with Crippen molar-refractivity contribution in [3.05, 3.63) is 0 Å². The number of aliphatic carboxylic acids is 1. The van der Waals surface area contributed by atoms with Gasteiger partial charge < -0.3 is 14.9 Å². The Morgan fingerprint density at radius 3 is 2.65 bits per heavy atom. The van der Waals surface area contributed by atoms with Crippen LogP contribution in [0.2, 0.25) is 0 Å². The molecule has 4 nitrogen and oxygen atoms in total. The van der Waals surface area contributed by atoms with E-state index in [1.54, 1.807) is 0 Å². The minimum atomic E-state index is -1.58. The van der Waals surface area contributed by atoms with Crippen molar-refractivity contribution in [3.63, 3.8) is 0 Å². The van der Waals surface area contributed by atoms with E-state index in [1.165, 1.54) is 0 Å². The molecule has 0 aromatic heterocycles. The van der Waals surface area contributed by atoms with Crippen LogP contribution in [-0.2, 0) is 9.53 Å². The van der Waals surface area contributed by atoms with Gasteiger partial charge in [-0.3, -0.25) is 0 Å². The van der Waals surface area contributed by atoms with Gasteiger partial charge in [0.1, 0.15) is 0 Å². The fraction of sp³-hybridized carbons (Fsp3) is 0.923. The highest BCUT2D eigenvalue weighted by atomic mass is 16.5. The predicted octanol–water partition coefficient (Wildman–Crippen LogP) is 2.05. The van der Waals surface area contributed by atoms with E-state index < -0.39 is 11.6 Å². The summed E-state index contributed by atoms with van der Waals surface area (Å²) in [4.78, 5) is 11.3. The molecular weight excluding hydrogens is 220 g/mol. The highest BCUT2D eigenvalue weighted by Gasteiger charge is 2.45. The average Bonchev–Trinajstić information content (AvgIpc) is 2.29. The first kappa shape index (κ1) is 14.5. The molecule has 0 bridgehead atoms. The minimum Gasteiger partial charge on any atom is -0.479 e. The number of carbonyl (C=O) groups is 1. The van der Waals surface area contributed by atoms with Crippen LogP contribution in [0.4, 0.5) is 0 Å². The average molecular weight is 244 g/mol. The number of carboxylic acid groups (broad SMARTS) is 1. The second-order valence-electron chi connectivity index (χ2n) is 5.35. The summed E-state index contributed by atoms with van der Waals surface area (Å²) >= 11 is 0. The van der Waals surface area contributed by atoms with Crippen LogP contribution in [0.3, 0.4) is 0 Å². The van der Waals surface area contributed by atoms with Gasteiger partial charge in [0.15, 0.2) is 5.60 Å². The Kier molecular flexibility index (Phi) is 4.95. The van der Waals surface area contributed by atoms with Crippen LogP contribution in [0.1, 0.15) is 46.5 Å². The number of hydrogen-bond acceptors (Lipinski definition) is 3. The summed E-state index contributed by atoms with van der Waals surface area (Å²) in [5.74, 6) is -0.924. The Morgan fingerprint density at radius 1 is 1.53 bits per heavy atom. The van der Waals surface area contributed by atoms with E-state index in [0.29, 0.717) is 38.2 Å². The molecule has 100 valence electrons. The Bertz CT molecular complexity index is 264. The molecule has 0 aromatic carbocycles.